The fourth-order valence-electron chi connectivity index (χ4n) is 4.22. The second-order valence-electron chi connectivity index (χ2n) is 7.52. The average molecular weight is 381 g/mol. The van der Waals surface area contributed by atoms with Gasteiger partial charge in [0, 0.05) is 55.6 Å². The van der Waals surface area contributed by atoms with Gasteiger partial charge in [0.2, 0.25) is 0 Å². The fraction of sp³-hybridized carbons (Fsp3) is 0.476. The number of piperidine rings is 1. The van der Waals surface area contributed by atoms with Crippen molar-refractivity contribution in [3.05, 3.63) is 30.1 Å². The number of alkyl halides is 1. The fourth-order valence-corrected chi connectivity index (χ4v) is 4.22. The predicted molar refractivity (Wildman–Crippen MR) is 110 cm³/mol. The first kappa shape index (κ1) is 17.6. The molecule has 0 aromatic carbocycles. The number of allylic oxidation sites excluding steroid dienone is 1. The molecule has 0 aliphatic carbocycles. The molecule has 5 heterocycles. The molecule has 2 aromatic rings. The molecular weight excluding hydrogens is 357 g/mol. The SMILES string of the molecule is FC1CCCN(c2cc(N3CCOCC3)nc3c(C4=CC=NC4)nccc23)C1. The molecule has 0 bridgehead atoms. The van der Waals surface area contributed by atoms with Gasteiger partial charge in [-0.15, -0.1) is 0 Å². The number of aromatic nitrogens is 2. The number of hydrogen-bond acceptors (Lipinski definition) is 6. The Hall–Kier alpha value is -2.54. The summed E-state index contributed by atoms with van der Waals surface area (Å²) in [5.41, 5.74) is 3.88. The number of ether oxygens (including phenoxy) is 1. The summed E-state index contributed by atoms with van der Waals surface area (Å²) < 4.78 is 19.7. The first-order valence-corrected chi connectivity index (χ1v) is 10.0. The van der Waals surface area contributed by atoms with E-state index in [1.807, 2.05) is 24.6 Å². The molecule has 1 atom stereocenters. The van der Waals surface area contributed by atoms with Crippen LogP contribution >= 0.6 is 0 Å². The third-order valence-corrected chi connectivity index (χ3v) is 5.68. The van der Waals surface area contributed by atoms with E-state index < -0.39 is 6.17 Å². The van der Waals surface area contributed by atoms with Gasteiger partial charge >= 0.3 is 0 Å². The normalized spacial score (nSPS) is 22.8. The molecule has 1 unspecified atom stereocenters. The molecule has 0 N–H and O–H groups in total. The predicted octanol–water partition coefficient (Wildman–Crippen LogP) is 2.87. The molecule has 5 rings (SSSR count). The molecule has 0 amide bonds. The molecular formula is C21H24FN5O. The third kappa shape index (κ3) is 3.24. The summed E-state index contributed by atoms with van der Waals surface area (Å²) in [7, 11) is 0. The number of anilines is 2. The molecule has 0 saturated carbocycles. The van der Waals surface area contributed by atoms with Crippen molar-refractivity contribution in [2.24, 2.45) is 4.99 Å². The summed E-state index contributed by atoms with van der Waals surface area (Å²) in [6, 6.07) is 4.12. The van der Waals surface area contributed by atoms with Gasteiger partial charge in [-0.3, -0.25) is 9.98 Å². The first-order chi connectivity index (χ1) is 13.8. The topological polar surface area (TPSA) is 53.9 Å². The molecule has 6 nitrogen and oxygen atoms in total. The van der Waals surface area contributed by atoms with Gasteiger partial charge in [-0.2, -0.15) is 0 Å². The Morgan fingerprint density at radius 3 is 2.82 bits per heavy atom. The zero-order chi connectivity index (χ0) is 18.9. The highest BCUT2D eigenvalue weighted by atomic mass is 19.1. The average Bonchev–Trinajstić information content (AvgIpc) is 3.28. The minimum atomic E-state index is -0.781. The van der Waals surface area contributed by atoms with Crippen LogP contribution in [0.25, 0.3) is 16.5 Å². The van der Waals surface area contributed by atoms with Crippen LogP contribution in [0.1, 0.15) is 18.5 Å². The zero-order valence-electron chi connectivity index (χ0n) is 15.9. The highest BCUT2D eigenvalue weighted by Gasteiger charge is 2.24. The molecule has 28 heavy (non-hydrogen) atoms. The van der Waals surface area contributed by atoms with Crippen LogP contribution < -0.4 is 9.80 Å². The molecule has 2 saturated heterocycles. The van der Waals surface area contributed by atoms with E-state index in [1.54, 1.807) is 0 Å². The Labute approximate surface area is 163 Å². The van der Waals surface area contributed by atoms with Crippen LogP contribution in [0.15, 0.2) is 29.4 Å². The van der Waals surface area contributed by atoms with Crippen molar-refractivity contribution < 1.29 is 9.13 Å². The summed E-state index contributed by atoms with van der Waals surface area (Å²) >= 11 is 0. The van der Waals surface area contributed by atoms with Crippen LogP contribution in [0.2, 0.25) is 0 Å². The number of aliphatic imine (C=N–C) groups is 1. The van der Waals surface area contributed by atoms with Gasteiger partial charge in [-0.05, 0) is 25.0 Å². The molecule has 3 aliphatic rings. The van der Waals surface area contributed by atoms with Crippen LogP contribution in [-0.4, -0.2) is 68.3 Å². The molecule has 146 valence electrons. The van der Waals surface area contributed by atoms with Crippen molar-refractivity contribution >= 4 is 34.2 Å². The number of fused-ring (bicyclic) bond motifs is 1. The van der Waals surface area contributed by atoms with Crippen LogP contribution in [0.4, 0.5) is 15.9 Å². The van der Waals surface area contributed by atoms with Crippen LogP contribution in [0.3, 0.4) is 0 Å². The van der Waals surface area contributed by atoms with Crippen molar-refractivity contribution in [2.75, 3.05) is 55.7 Å². The van der Waals surface area contributed by atoms with E-state index in [0.717, 1.165) is 59.7 Å². The second kappa shape index (κ2) is 7.47. The smallest absolute Gasteiger partial charge is 0.131 e. The van der Waals surface area contributed by atoms with Crippen LogP contribution in [-0.2, 0) is 4.74 Å². The third-order valence-electron chi connectivity index (χ3n) is 5.68. The van der Waals surface area contributed by atoms with Crippen LogP contribution in [0.5, 0.6) is 0 Å². The maximum atomic E-state index is 14.2. The highest BCUT2D eigenvalue weighted by molar-refractivity contribution is 6.01. The molecule has 2 fully saturated rings. The molecule has 7 heteroatoms. The Morgan fingerprint density at radius 1 is 1.14 bits per heavy atom. The maximum absolute atomic E-state index is 14.2. The van der Waals surface area contributed by atoms with Crippen molar-refractivity contribution in [3.8, 4) is 0 Å². The lowest BCUT2D eigenvalue weighted by Gasteiger charge is -2.34. The summed E-state index contributed by atoms with van der Waals surface area (Å²) in [5.74, 6) is 0.917. The number of morpholine rings is 1. The lowest BCUT2D eigenvalue weighted by Crippen LogP contribution is -2.38. The molecule has 3 aliphatic heterocycles. The minimum absolute atomic E-state index is 0.436. The molecule has 0 spiro atoms. The highest BCUT2D eigenvalue weighted by Crippen LogP contribution is 2.35. The Bertz CT molecular complexity index is 938. The monoisotopic (exact) mass is 381 g/mol. The van der Waals surface area contributed by atoms with Crippen molar-refractivity contribution in [1.29, 1.82) is 0 Å². The van der Waals surface area contributed by atoms with E-state index in [2.05, 4.69) is 25.8 Å². The number of hydrogen-bond donors (Lipinski definition) is 0. The lowest BCUT2D eigenvalue weighted by molar-refractivity contribution is 0.122. The van der Waals surface area contributed by atoms with Crippen molar-refractivity contribution in [2.45, 2.75) is 19.0 Å². The van der Waals surface area contributed by atoms with E-state index in [0.29, 0.717) is 32.7 Å². The van der Waals surface area contributed by atoms with E-state index in [1.165, 1.54) is 0 Å². The Kier molecular flexibility index (Phi) is 4.68. The quantitative estimate of drug-likeness (QED) is 0.818. The number of pyridine rings is 2. The van der Waals surface area contributed by atoms with E-state index in [9.17, 15) is 4.39 Å². The van der Waals surface area contributed by atoms with Gasteiger partial charge in [-0.25, -0.2) is 9.37 Å². The number of rotatable bonds is 3. The maximum Gasteiger partial charge on any atom is 0.131 e. The van der Waals surface area contributed by atoms with Crippen LogP contribution in [0, 0.1) is 0 Å². The van der Waals surface area contributed by atoms with Gasteiger partial charge in [0.25, 0.3) is 0 Å². The number of nitrogens with zero attached hydrogens (tertiary/aromatic N) is 5. The first-order valence-electron chi connectivity index (χ1n) is 10.0. The van der Waals surface area contributed by atoms with Gasteiger partial charge in [-0.1, -0.05) is 0 Å². The largest absolute Gasteiger partial charge is 0.378 e. The molecule has 2 aromatic heterocycles. The lowest BCUT2D eigenvalue weighted by atomic mass is 10.0. The standard InChI is InChI=1S/C21H24FN5O/c22-16-2-1-7-27(14-16)18-12-19(26-8-10-28-11-9-26)25-21-17(18)4-6-24-20(21)15-3-5-23-13-15/h3-6,12,16H,1-2,7-11,13-14H2. The van der Waals surface area contributed by atoms with E-state index in [-0.39, 0.29) is 0 Å². The second-order valence-corrected chi connectivity index (χ2v) is 7.52. The van der Waals surface area contributed by atoms with Gasteiger partial charge in [0.05, 0.1) is 31.1 Å². The summed E-state index contributed by atoms with van der Waals surface area (Å²) in [4.78, 5) is 18.4. The van der Waals surface area contributed by atoms with E-state index >= 15 is 0 Å². The zero-order valence-corrected chi connectivity index (χ0v) is 15.9. The van der Waals surface area contributed by atoms with Crippen molar-refractivity contribution in [1.82, 2.24) is 9.97 Å². The van der Waals surface area contributed by atoms with Crippen molar-refractivity contribution in [3.63, 3.8) is 0 Å². The summed E-state index contributed by atoms with van der Waals surface area (Å²) in [6.07, 6.45) is 6.38. The Morgan fingerprint density at radius 2 is 2.04 bits per heavy atom. The summed E-state index contributed by atoms with van der Waals surface area (Å²) in [5, 5.41) is 1.03. The van der Waals surface area contributed by atoms with Gasteiger partial charge in [0.1, 0.15) is 17.5 Å². The minimum Gasteiger partial charge on any atom is -0.378 e. The summed E-state index contributed by atoms with van der Waals surface area (Å²) in [6.45, 7) is 4.95. The van der Waals surface area contributed by atoms with Gasteiger partial charge in [0.15, 0.2) is 0 Å². The van der Waals surface area contributed by atoms with Gasteiger partial charge < -0.3 is 14.5 Å². The van der Waals surface area contributed by atoms with E-state index in [4.69, 9.17) is 9.72 Å². The Balaban J connectivity index is 1.66. The molecule has 0 radical (unpaired) electrons. The number of halogens is 1.